The second-order valence-corrected chi connectivity index (χ2v) is 17.4. The van der Waals surface area contributed by atoms with Crippen molar-refractivity contribution in [2.24, 2.45) is 0 Å². The number of hydrogen-bond acceptors (Lipinski definition) is 0. The van der Waals surface area contributed by atoms with Crippen LogP contribution in [0.5, 0.6) is 0 Å². The van der Waals surface area contributed by atoms with E-state index in [2.05, 4.69) is 77.7 Å². The van der Waals surface area contributed by atoms with E-state index in [-0.39, 0.29) is 0 Å². The Labute approximate surface area is 140 Å². The molecular formula is C20H34Si2. The van der Waals surface area contributed by atoms with Crippen molar-refractivity contribution < 1.29 is 0 Å². The SMILES string of the molecule is CCCCC1=C[Si@](C)(C(C)C)c2ccccc2[Si@@]1(C)C(C)C. The maximum absolute atomic E-state index is 2.84. The zero-order valence-electron chi connectivity index (χ0n) is 15.7. The zero-order valence-corrected chi connectivity index (χ0v) is 17.7. The fourth-order valence-corrected chi connectivity index (χ4v) is 14.3. The number of fused-ring (bicyclic) bond motifs is 1. The Morgan fingerprint density at radius 3 is 2.00 bits per heavy atom. The van der Waals surface area contributed by atoms with E-state index in [9.17, 15) is 0 Å². The summed E-state index contributed by atoms with van der Waals surface area (Å²) in [6.07, 6.45) is 3.99. The molecule has 1 heterocycles. The van der Waals surface area contributed by atoms with Crippen molar-refractivity contribution in [3.05, 3.63) is 35.2 Å². The monoisotopic (exact) mass is 330 g/mol. The van der Waals surface area contributed by atoms with Crippen LogP contribution in [-0.4, -0.2) is 16.1 Å². The molecule has 0 saturated heterocycles. The molecule has 1 aliphatic heterocycles. The minimum absolute atomic E-state index is 0.774. The fourth-order valence-electron chi connectivity index (χ4n) is 4.03. The lowest BCUT2D eigenvalue weighted by atomic mass is 10.2. The van der Waals surface area contributed by atoms with Crippen LogP contribution in [0.3, 0.4) is 0 Å². The molecule has 1 aromatic carbocycles. The molecule has 2 rings (SSSR count). The van der Waals surface area contributed by atoms with Crippen LogP contribution >= 0.6 is 0 Å². The van der Waals surface area contributed by atoms with Crippen LogP contribution in [0.25, 0.3) is 0 Å². The van der Waals surface area contributed by atoms with Gasteiger partial charge in [0.2, 0.25) is 0 Å². The Hall–Kier alpha value is -0.606. The van der Waals surface area contributed by atoms with E-state index >= 15 is 0 Å². The molecule has 1 aromatic rings. The standard InChI is InChI=1S/C20H34Si2/c1-8-9-12-18-15-21(6,16(2)3)19-13-10-11-14-20(19)22(18,7)17(4)5/h10-11,13-17H,8-9,12H2,1-7H3/t21-,22+/m1/s1. The van der Waals surface area contributed by atoms with Gasteiger partial charge in [-0.3, -0.25) is 0 Å². The van der Waals surface area contributed by atoms with E-state index in [0.29, 0.717) is 0 Å². The van der Waals surface area contributed by atoms with Gasteiger partial charge in [0.1, 0.15) is 16.1 Å². The van der Waals surface area contributed by atoms with E-state index in [1.165, 1.54) is 19.3 Å². The van der Waals surface area contributed by atoms with Gasteiger partial charge in [0.05, 0.1) is 0 Å². The lowest BCUT2D eigenvalue weighted by Gasteiger charge is -2.46. The summed E-state index contributed by atoms with van der Waals surface area (Å²) in [4.78, 5) is 0. The molecule has 2 heteroatoms. The number of unbranched alkanes of at least 4 members (excludes halogenated alkanes) is 1. The molecule has 0 fully saturated rings. The molecule has 0 nitrogen and oxygen atoms in total. The van der Waals surface area contributed by atoms with E-state index in [0.717, 1.165) is 11.1 Å². The lowest BCUT2D eigenvalue weighted by molar-refractivity contribution is 0.799. The Bertz CT molecular complexity index is 559. The molecule has 0 bridgehead atoms. The third-order valence-electron chi connectivity index (χ3n) is 6.36. The maximum atomic E-state index is 2.84. The predicted molar refractivity (Wildman–Crippen MR) is 107 cm³/mol. The second kappa shape index (κ2) is 6.48. The Morgan fingerprint density at radius 2 is 1.50 bits per heavy atom. The topological polar surface area (TPSA) is 0 Å². The summed E-state index contributed by atoms with van der Waals surface area (Å²) in [5.74, 6) is 0. The minimum atomic E-state index is -1.54. The molecule has 122 valence electrons. The normalized spacial score (nSPS) is 28.0. The van der Waals surface area contributed by atoms with Gasteiger partial charge in [0, 0.05) is 0 Å². The molecule has 0 unspecified atom stereocenters. The largest absolute Gasteiger partial charge is 0.112 e. The summed E-state index contributed by atoms with van der Waals surface area (Å²) < 4.78 is 0. The highest BCUT2D eigenvalue weighted by Gasteiger charge is 2.47. The summed E-state index contributed by atoms with van der Waals surface area (Å²) in [7, 11) is -3.05. The Kier molecular flexibility index (Phi) is 5.23. The fraction of sp³-hybridized carbons (Fsp3) is 0.600. The molecule has 0 radical (unpaired) electrons. The van der Waals surface area contributed by atoms with Crippen LogP contribution < -0.4 is 10.4 Å². The van der Waals surface area contributed by atoms with Crippen LogP contribution in [-0.2, 0) is 0 Å². The van der Waals surface area contributed by atoms with Crippen molar-refractivity contribution in [1.29, 1.82) is 0 Å². The number of rotatable bonds is 5. The second-order valence-electron chi connectivity index (χ2n) is 8.11. The van der Waals surface area contributed by atoms with Gasteiger partial charge in [-0.25, -0.2) is 0 Å². The molecule has 0 saturated carbocycles. The van der Waals surface area contributed by atoms with E-state index in [4.69, 9.17) is 0 Å². The average Bonchev–Trinajstić information content (AvgIpc) is 2.49. The number of allylic oxidation sites excluding steroid dienone is 1. The molecule has 2 atom stereocenters. The average molecular weight is 331 g/mol. The van der Waals surface area contributed by atoms with Crippen LogP contribution in [0.4, 0.5) is 0 Å². The van der Waals surface area contributed by atoms with Crippen LogP contribution in [0.15, 0.2) is 35.2 Å². The van der Waals surface area contributed by atoms with Gasteiger partial charge in [0.15, 0.2) is 0 Å². The van der Waals surface area contributed by atoms with E-state index in [1.54, 1.807) is 10.4 Å². The number of benzene rings is 1. The highest BCUT2D eigenvalue weighted by molar-refractivity contribution is 7.09. The summed E-state index contributed by atoms with van der Waals surface area (Å²) in [5.41, 5.74) is 4.39. The maximum Gasteiger partial charge on any atom is 0.112 e. The molecule has 0 aromatic heterocycles. The first-order chi connectivity index (χ1) is 10.3. The summed E-state index contributed by atoms with van der Waals surface area (Å²) in [6, 6.07) is 9.49. The van der Waals surface area contributed by atoms with Crippen molar-refractivity contribution in [2.75, 3.05) is 0 Å². The first-order valence-corrected chi connectivity index (χ1v) is 14.3. The quantitative estimate of drug-likeness (QED) is 0.644. The predicted octanol–water partition coefficient (Wildman–Crippen LogP) is 5.29. The highest BCUT2D eigenvalue weighted by atomic mass is 28.3. The summed E-state index contributed by atoms with van der Waals surface area (Å²) in [5, 5.41) is 5.38. The molecule has 0 N–H and O–H groups in total. The van der Waals surface area contributed by atoms with E-state index < -0.39 is 16.1 Å². The molecule has 0 spiro atoms. The van der Waals surface area contributed by atoms with Gasteiger partial charge in [-0.05, 0) is 17.5 Å². The van der Waals surface area contributed by atoms with Crippen molar-refractivity contribution in [3.8, 4) is 0 Å². The first kappa shape index (κ1) is 17.7. The van der Waals surface area contributed by atoms with Crippen molar-refractivity contribution in [2.45, 2.75) is 78.1 Å². The number of hydrogen-bond donors (Lipinski definition) is 0. The van der Waals surface area contributed by atoms with Crippen molar-refractivity contribution >= 4 is 26.5 Å². The third-order valence-corrected chi connectivity index (χ3v) is 17.4. The Morgan fingerprint density at radius 1 is 0.909 bits per heavy atom. The van der Waals surface area contributed by atoms with Gasteiger partial charge in [0.25, 0.3) is 0 Å². The smallest absolute Gasteiger partial charge is 0.0942 e. The van der Waals surface area contributed by atoms with Gasteiger partial charge in [-0.1, -0.05) is 106 Å². The van der Waals surface area contributed by atoms with Gasteiger partial charge < -0.3 is 0 Å². The Balaban J connectivity index is 2.69. The van der Waals surface area contributed by atoms with Gasteiger partial charge in [-0.2, -0.15) is 0 Å². The third kappa shape index (κ3) is 2.69. The molecule has 0 amide bonds. The zero-order chi connectivity index (χ0) is 16.5. The summed E-state index contributed by atoms with van der Waals surface area (Å²) >= 11 is 0. The highest BCUT2D eigenvalue weighted by Crippen LogP contribution is 2.37. The van der Waals surface area contributed by atoms with Crippen LogP contribution in [0.2, 0.25) is 24.2 Å². The molecule has 22 heavy (non-hydrogen) atoms. The van der Waals surface area contributed by atoms with Gasteiger partial charge in [-0.15, -0.1) is 0 Å². The summed E-state index contributed by atoms with van der Waals surface area (Å²) in [6.45, 7) is 17.4. The molecular weight excluding hydrogens is 296 g/mol. The van der Waals surface area contributed by atoms with Crippen molar-refractivity contribution in [3.63, 3.8) is 0 Å². The van der Waals surface area contributed by atoms with Crippen molar-refractivity contribution in [1.82, 2.24) is 0 Å². The van der Waals surface area contributed by atoms with E-state index in [1.807, 2.05) is 5.20 Å². The molecule has 0 aliphatic carbocycles. The molecule has 1 aliphatic rings. The lowest BCUT2D eigenvalue weighted by Crippen LogP contribution is -2.67. The minimum Gasteiger partial charge on any atom is -0.0942 e. The van der Waals surface area contributed by atoms with Crippen LogP contribution in [0, 0.1) is 0 Å². The first-order valence-electron chi connectivity index (χ1n) is 9.10. The van der Waals surface area contributed by atoms with Gasteiger partial charge >= 0.3 is 0 Å². The van der Waals surface area contributed by atoms with Crippen LogP contribution in [0.1, 0.15) is 53.9 Å².